The summed E-state index contributed by atoms with van der Waals surface area (Å²) in [6.45, 7) is 0. The van der Waals surface area contributed by atoms with Gasteiger partial charge in [-0.05, 0) is 30.5 Å². The van der Waals surface area contributed by atoms with Crippen LogP contribution in [0.1, 0.15) is 24.5 Å². The molecule has 0 bridgehead atoms. The molecule has 1 aliphatic carbocycles. The van der Waals surface area contributed by atoms with E-state index >= 15 is 0 Å². The van der Waals surface area contributed by atoms with Crippen LogP contribution in [-0.2, 0) is 14.3 Å². The topological polar surface area (TPSA) is 48.1 Å². The molecule has 3 rings (SSSR count). The summed E-state index contributed by atoms with van der Waals surface area (Å²) in [4.78, 5) is 11.6. The summed E-state index contributed by atoms with van der Waals surface area (Å²) >= 11 is 0. The Labute approximate surface area is 99.5 Å². The van der Waals surface area contributed by atoms with Gasteiger partial charge in [0.05, 0.1) is 7.11 Å². The van der Waals surface area contributed by atoms with Crippen LogP contribution in [-0.4, -0.2) is 25.3 Å². The maximum atomic E-state index is 11.6. The van der Waals surface area contributed by atoms with Crippen LogP contribution in [0.4, 0.5) is 0 Å². The molecular formula is C13H14O4. The first-order valence-electron chi connectivity index (χ1n) is 5.78. The van der Waals surface area contributed by atoms with Gasteiger partial charge >= 0.3 is 5.97 Å². The van der Waals surface area contributed by atoms with Crippen LogP contribution in [0, 0.1) is 0 Å². The zero-order valence-electron chi connectivity index (χ0n) is 9.59. The number of hydrogen-bond donors (Lipinski definition) is 0. The number of hydrogen-bond acceptors (Lipinski definition) is 4. The molecule has 0 radical (unpaired) electrons. The van der Waals surface area contributed by atoms with Gasteiger partial charge in [0.15, 0.2) is 6.10 Å². The quantitative estimate of drug-likeness (QED) is 0.589. The van der Waals surface area contributed by atoms with Crippen LogP contribution in [0.25, 0.3) is 0 Å². The molecule has 1 saturated heterocycles. The number of carbonyl (C=O) groups is 1. The van der Waals surface area contributed by atoms with Gasteiger partial charge in [-0.2, -0.15) is 0 Å². The predicted molar refractivity (Wildman–Crippen MR) is 59.7 cm³/mol. The molecule has 2 atom stereocenters. The fraction of sp³-hybridized carbons (Fsp3) is 0.462. The van der Waals surface area contributed by atoms with Crippen molar-refractivity contribution in [2.45, 2.75) is 31.2 Å². The average molecular weight is 234 g/mol. The molecule has 1 aliphatic heterocycles. The smallest absolute Gasteiger partial charge is 0.338 e. The zero-order valence-corrected chi connectivity index (χ0v) is 9.59. The molecule has 0 spiro atoms. The third kappa shape index (κ3) is 2.26. The highest BCUT2D eigenvalue weighted by atomic mass is 16.6. The Morgan fingerprint density at radius 1 is 1.29 bits per heavy atom. The molecule has 2 unspecified atom stereocenters. The summed E-state index contributed by atoms with van der Waals surface area (Å²) in [5.74, 6) is 0.569. The number of carbonyl (C=O) groups excluding carboxylic acids is 1. The van der Waals surface area contributed by atoms with Crippen molar-refractivity contribution in [2.24, 2.45) is 0 Å². The monoisotopic (exact) mass is 234 g/mol. The summed E-state index contributed by atoms with van der Waals surface area (Å²) < 4.78 is 15.6. The van der Waals surface area contributed by atoms with E-state index in [0.717, 1.165) is 24.2 Å². The average Bonchev–Trinajstić information content (AvgIpc) is 3.22. The molecule has 0 N–H and O–H groups in total. The Morgan fingerprint density at radius 3 is 2.59 bits per heavy atom. The summed E-state index contributed by atoms with van der Waals surface area (Å²) in [6, 6.07) is 7.54. The van der Waals surface area contributed by atoms with Gasteiger partial charge < -0.3 is 14.2 Å². The summed E-state index contributed by atoms with van der Waals surface area (Å²) in [5.41, 5.74) is 0.989. The van der Waals surface area contributed by atoms with Gasteiger partial charge in [-0.15, -0.1) is 0 Å². The zero-order chi connectivity index (χ0) is 11.8. The normalized spacial score (nSPS) is 26.4. The van der Waals surface area contributed by atoms with Crippen LogP contribution in [0.3, 0.4) is 0 Å². The standard InChI is InChI=1S/C13H14O4/c1-15-9-4-2-8(3-5-9)11-12(17-11)13(14)16-10-6-7-10/h2-5,10-12H,6-7H2,1H3. The minimum absolute atomic E-state index is 0.142. The molecule has 0 amide bonds. The van der Waals surface area contributed by atoms with E-state index in [0.29, 0.717) is 0 Å². The number of epoxide rings is 1. The van der Waals surface area contributed by atoms with E-state index in [4.69, 9.17) is 14.2 Å². The van der Waals surface area contributed by atoms with E-state index in [-0.39, 0.29) is 18.2 Å². The molecule has 1 aromatic rings. The van der Waals surface area contributed by atoms with Gasteiger partial charge in [0.25, 0.3) is 0 Å². The Kier molecular flexibility index (Phi) is 2.52. The van der Waals surface area contributed by atoms with Gasteiger partial charge in [0.1, 0.15) is 18.0 Å². The Bertz CT molecular complexity index is 422. The highest BCUT2D eigenvalue weighted by molar-refractivity contribution is 5.78. The first-order chi connectivity index (χ1) is 8.28. The van der Waals surface area contributed by atoms with E-state index in [1.165, 1.54) is 0 Å². The lowest BCUT2D eigenvalue weighted by Crippen LogP contribution is -2.13. The lowest BCUT2D eigenvalue weighted by Gasteiger charge is -2.01. The van der Waals surface area contributed by atoms with Gasteiger partial charge in [0, 0.05) is 0 Å². The first-order valence-corrected chi connectivity index (χ1v) is 5.78. The molecule has 0 aromatic heterocycles. The third-order valence-corrected chi connectivity index (χ3v) is 2.98. The third-order valence-electron chi connectivity index (χ3n) is 2.98. The molecular weight excluding hydrogens is 220 g/mol. The maximum Gasteiger partial charge on any atom is 0.338 e. The minimum Gasteiger partial charge on any atom is -0.497 e. The summed E-state index contributed by atoms with van der Waals surface area (Å²) in [5, 5.41) is 0. The molecule has 4 nitrogen and oxygen atoms in total. The van der Waals surface area contributed by atoms with Crippen LogP contribution in [0.2, 0.25) is 0 Å². The van der Waals surface area contributed by atoms with E-state index in [9.17, 15) is 4.79 Å². The van der Waals surface area contributed by atoms with Gasteiger partial charge in [0.2, 0.25) is 0 Å². The Balaban J connectivity index is 1.60. The second-order valence-electron chi connectivity index (χ2n) is 4.39. The lowest BCUT2D eigenvalue weighted by molar-refractivity contribution is -0.146. The largest absolute Gasteiger partial charge is 0.497 e. The lowest BCUT2D eigenvalue weighted by atomic mass is 10.1. The molecule has 1 saturated carbocycles. The molecule has 4 heteroatoms. The van der Waals surface area contributed by atoms with Crippen LogP contribution in [0.5, 0.6) is 5.75 Å². The maximum absolute atomic E-state index is 11.6. The van der Waals surface area contributed by atoms with Crippen LogP contribution >= 0.6 is 0 Å². The summed E-state index contributed by atoms with van der Waals surface area (Å²) in [6.07, 6.45) is 1.57. The van der Waals surface area contributed by atoms with Crippen molar-refractivity contribution in [1.29, 1.82) is 0 Å². The number of rotatable bonds is 4. The molecule has 1 aromatic carbocycles. The number of methoxy groups -OCH3 is 1. The molecule has 90 valence electrons. The number of esters is 1. The second-order valence-corrected chi connectivity index (χ2v) is 4.39. The number of ether oxygens (including phenoxy) is 3. The van der Waals surface area contributed by atoms with Crippen molar-refractivity contribution < 1.29 is 19.0 Å². The molecule has 2 fully saturated rings. The van der Waals surface area contributed by atoms with E-state index in [2.05, 4.69) is 0 Å². The second kappa shape index (κ2) is 4.04. The first kappa shape index (κ1) is 10.6. The minimum atomic E-state index is -0.413. The van der Waals surface area contributed by atoms with Crippen molar-refractivity contribution in [3.63, 3.8) is 0 Å². The summed E-state index contributed by atoms with van der Waals surface area (Å²) in [7, 11) is 1.62. The molecule has 2 aliphatic rings. The van der Waals surface area contributed by atoms with Crippen molar-refractivity contribution >= 4 is 5.97 Å². The van der Waals surface area contributed by atoms with Gasteiger partial charge in [-0.3, -0.25) is 0 Å². The van der Waals surface area contributed by atoms with E-state index in [1.807, 2.05) is 24.3 Å². The fourth-order valence-corrected chi connectivity index (χ4v) is 1.76. The Morgan fingerprint density at radius 2 is 2.00 bits per heavy atom. The molecule has 1 heterocycles. The van der Waals surface area contributed by atoms with Gasteiger partial charge in [-0.1, -0.05) is 12.1 Å². The SMILES string of the molecule is COc1ccc(C2OC2C(=O)OC2CC2)cc1. The van der Waals surface area contributed by atoms with Gasteiger partial charge in [-0.25, -0.2) is 4.79 Å². The van der Waals surface area contributed by atoms with Crippen molar-refractivity contribution in [3.05, 3.63) is 29.8 Å². The fourth-order valence-electron chi connectivity index (χ4n) is 1.76. The van der Waals surface area contributed by atoms with Crippen molar-refractivity contribution in [2.75, 3.05) is 7.11 Å². The highest BCUT2D eigenvalue weighted by Gasteiger charge is 2.48. The van der Waals surface area contributed by atoms with Crippen molar-refractivity contribution in [1.82, 2.24) is 0 Å². The van der Waals surface area contributed by atoms with E-state index < -0.39 is 6.10 Å². The molecule has 17 heavy (non-hydrogen) atoms. The highest BCUT2D eigenvalue weighted by Crippen LogP contribution is 2.41. The van der Waals surface area contributed by atoms with Crippen molar-refractivity contribution in [3.8, 4) is 5.75 Å². The number of benzene rings is 1. The predicted octanol–water partition coefficient (Wildman–Crippen LogP) is 1.84. The van der Waals surface area contributed by atoms with E-state index in [1.54, 1.807) is 7.11 Å². The van der Waals surface area contributed by atoms with Crippen LogP contribution < -0.4 is 4.74 Å². The Hall–Kier alpha value is -1.55. The van der Waals surface area contributed by atoms with Crippen LogP contribution in [0.15, 0.2) is 24.3 Å².